The first-order valence-electron chi connectivity index (χ1n) is 8.68. The smallest absolute Gasteiger partial charge is 0.317 e. The molecule has 1 aliphatic carbocycles. The number of hydrogen-bond donors (Lipinski definition) is 1. The average Bonchev–Trinajstić information content (AvgIpc) is 3.27. The molecule has 0 atom stereocenters. The lowest BCUT2D eigenvalue weighted by atomic mass is 9.96. The molecule has 1 saturated carbocycles. The van der Waals surface area contributed by atoms with Crippen LogP contribution in [-0.4, -0.2) is 49.6 Å². The van der Waals surface area contributed by atoms with Gasteiger partial charge in [-0.1, -0.05) is 12.1 Å². The molecule has 1 aromatic carbocycles. The highest BCUT2D eigenvalue weighted by Crippen LogP contribution is 2.47. The Morgan fingerprint density at radius 1 is 1.08 bits per heavy atom. The van der Waals surface area contributed by atoms with Crippen molar-refractivity contribution in [1.82, 2.24) is 10.2 Å². The third-order valence-corrected chi connectivity index (χ3v) is 5.51. The number of benzene rings is 1. The average molecular weight is 334 g/mol. The summed E-state index contributed by atoms with van der Waals surface area (Å²) in [5, 5.41) is 3.06. The van der Waals surface area contributed by atoms with Crippen LogP contribution >= 0.6 is 0 Å². The van der Waals surface area contributed by atoms with Gasteiger partial charge in [0, 0.05) is 37.9 Å². The van der Waals surface area contributed by atoms with Gasteiger partial charge in [0.2, 0.25) is 0 Å². The van der Waals surface area contributed by atoms with Crippen molar-refractivity contribution in [1.29, 1.82) is 0 Å². The van der Waals surface area contributed by atoms with E-state index in [9.17, 15) is 9.18 Å². The Balaban J connectivity index is 1.30. The summed E-state index contributed by atoms with van der Waals surface area (Å²) in [7, 11) is 0. The zero-order valence-electron chi connectivity index (χ0n) is 13.7. The number of likely N-dealkylation sites (tertiary alicyclic amines) is 1. The second kappa shape index (κ2) is 6.01. The van der Waals surface area contributed by atoms with Crippen molar-refractivity contribution >= 4 is 6.03 Å². The minimum absolute atomic E-state index is 0.0158. The maximum Gasteiger partial charge on any atom is 0.317 e. The molecule has 0 bridgehead atoms. The summed E-state index contributed by atoms with van der Waals surface area (Å²) >= 11 is 0. The van der Waals surface area contributed by atoms with Gasteiger partial charge in [0.1, 0.15) is 5.82 Å². The predicted molar refractivity (Wildman–Crippen MR) is 86.2 cm³/mol. The third-order valence-electron chi connectivity index (χ3n) is 5.51. The number of carbonyl (C=O) groups excluding carboxylic acids is 1. The van der Waals surface area contributed by atoms with E-state index < -0.39 is 5.79 Å². The van der Waals surface area contributed by atoms with Crippen molar-refractivity contribution in [3.8, 4) is 0 Å². The van der Waals surface area contributed by atoms with Gasteiger partial charge >= 0.3 is 6.03 Å². The first kappa shape index (κ1) is 15.8. The number of hydrogen-bond acceptors (Lipinski definition) is 3. The summed E-state index contributed by atoms with van der Waals surface area (Å²) in [6.07, 6.45) is 3.51. The Morgan fingerprint density at radius 2 is 1.71 bits per heavy atom. The van der Waals surface area contributed by atoms with Crippen molar-refractivity contribution in [2.45, 2.75) is 36.9 Å². The van der Waals surface area contributed by atoms with Crippen molar-refractivity contribution in [3.63, 3.8) is 0 Å². The number of urea groups is 1. The highest BCUT2D eigenvalue weighted by Gasteiger charge is 2.45. The first-order valence-corrected chi connectivity index (χ1v) is 8.68. The van der Waals surface area contributed by atoms with Crippen LogP contribution in [0.4, 0.5) is 9.18 Å². The fourth-order valence-electron chi connectivity index (χ4n) is 3.71. The molecule has 1 spiro atoms. The fourth-order valence-corrected chi connectivity index (χ4v) is 3.71. The molecule has 0 radical (unpaired) electrons. The number of halogens is 1. The molecule has 1 aromatic rings. The van der Waals surface area contributed by atoms with Gasteiger partial charge in [0.05, 0.1) is 13.2 Å². The summed E-state index contributed by atoms with van der Waals surface area (Å²) in [6, 6.07) is 6.60. The summed E-state index contributed by atoms with van der Waals surface area (Å²) in [4.78, 5) is 14.3. The van der Waals surface area contributed by atoms with Gasteiger partial charge in [-0.15, -0.1) is 0 Å². The highest BCUT2D eigenvalue weighted by molar-refractivity contribution is 5.74. The van der Waals surface area contributed by atoms with E-state index in [1.54, 1.807) is 0 Å². The van der Waals surface area contributed by atoms with Gasteiger partial charge in [0.25, 0.3) is 0 Å². The van der Waals surface area contributed by atoms with Crippen LogP contribution < -0.4 is 5.32 Å². The lowest BCUT2D eigenvalue weighted by Crippen LogP contribution is -2.51. The topological polar surface area (TPSA) is 50.8 Å². The lowest BCUT2D eigenvalue weighted by molar-refractivity contribution is -0.181. The Bertz CT molecular complexity index is 599. The second-order valence-corrected chi connectivity index (χ2v) is 7.04. The largest absolute Gasteiger partial charge is 0.347 e. The van der Waals surface area contributed by atoms with Gasteiger partial charge in [-0.2, -0.15) is 0 Å². The van der Waals surface area contributed by atoms with Gasteiger partial charge in [-0.05, 0) is 30.5 Å². The number of piperidine rings is 1. The van der Waals surface area contributed by atoms with Gasteiger partial charge in [-0.3, -0.25) is 0 Å². The van der Waals surface area contributed by atoms with Crippen LogP contribution in [0.3, 0.4) is 0 Å². The summed E-state index contributed by atoms with van der Waals surface area (Å²) < 4.78 is 24.5. The number of amides is 2. The molecule has 3 fully saturated rings. The molecule has 0 aromatic heterocycles. The Hall–Kier alpha value is -1.66. The van der Waals surface area contributed by atoms with Crippen LogP contribution in [-0.2, 0) is 14.9 Å². The molecule has 2 aliphatic heterocycles. The van der Waals surface area contributed by atoms with Crippen LogP contribution in [0, 0.1) is 5.82 Å². The van der Waals surface area contributed by atoms with Gasteiger partial charge in [-0.25, -0.2) is 9.18 Å². The van der Waals surface area contributed by atoms with Crippen molar-refractivity contribution in [3.05, 3.63) is 35.6 Å². The van der Waals surface area contributed by atoms with E-state index in [4.69, 9.17) is 9.47 Å². The van der Waals surface area contributed by atoms with Gasteiger partial charge < -0.3 is 19.7 Å². The number of rotatable bonds is 3. The lowest BCUT2D eigenvalue weighted by Gasteiger charge is -2.37. The monoisotopic (exact) mass is 334 g/mol. The number of nitrogens with zero attached hydrogens (tertiary/aromatic N) is 1. The Labute approximate surface area is 141 Å². The number of nitrogens with one attached hydrogen (secondary N) is 1. The minimum atomic E-state index is -0.456. The SMILES string of the molecule is O=C(NCC1(c2ccc(F)cc2)CC1)N1CCC2(CC1)OCCO2. The first-order chi connectivity index (χ1) is 11.6. The quantitative estimate of drug-likeness (QED) is 0.923. The maximum atomic E-state index is 13.1. The fraction of sp³-hybridized carbons (Fsp3) is 0.611. The number of carbonyl (C=O) groups is 1. The highest BCUT2D eigenvalue weighted by atomic mass is 19.1. The van der Waals surface area contributed by atoms with E-state index in [-0.39, 0.29) is 17.3 Å². The van der Waals surface area contributed by atoms with Gasteiger partial charge in [0.15, 0.2) is 5.79 Å². The second-order valence-electron chi connectivity index (χ2n) is 7.04. The zero-order chi connectivity index (χ0) is 16.6. The molecule has 2 heterocycles. The van der Waals surface area contributed by atoms with Crippen molar-refractivity contribution in [2.75, 3.05) is 32.8 Å². The number of ether oxygens (including phenoxy) is 2. The molecule has 1 N–H and O–H groups in total. The molecular formula is C18H23FN2O3. The molecular weight excluding hydrogens is 311 g/mol. The Kier molecular flexibility index (Phi) is 3.96. The predicted octanol–water partition coefficient (Wildman–Crippen LogP) is 2.41. The van der Waals surface area contributed by atoms with E-state index in [2.05, 4.69) is 5.32 Å². The maximum absolute atomic E-state index is 13.1. The summed E-state index contributed by atoms with van der Waals surface area (Å²) in [5.41, 5.74) is 1.09. The van der Waals surface area contributed by atoms with Crippen LogP contribution in [0.5, 0.6) is 0 Å². The molecule has 3 aliphatic rings. The third kappa shape index (κ3) is 3.00. The molecule has 2 amide bonds. The molecule has 24 heavy (non-hydrogen) atoms. The van der Waals surface area contributed by atoms with E-state index >= 15 is 0 Å². The van der Waals surface area contributed by atoms with Crippen LogP contribution in [0.1, 0.15) is 31.2 Å². The van der Waals surface area contributed by atoms with Crippen molar-refractivity contribution < 1.29 is 18.7 Å². The van der Waals surface area contributed by atoms with Crippen molar-refractivity contribution in [2.24, 2.45) is 0 Å². The normalized spacial score (nSPS) is 24.1. The van der Waals surface area contributed by atoms with Crippen LogP contribution in [0.25, 0.3) is 0 Å². The minimum Gasteiger partial charge on any atom is -0.347 e. The van der Waals surface area contributed by atoms with Crippen LogP contribution in [0.2, 0.25) is 0 Å². The molecule has 130 valence electrons. The standard InChI is InChI=1S/C18H23FN2O3/c19-15-3-1-14(2-4-15)17(5-6-17)13-20-16(22)21-9-7-18(8-10-21)23-11-12-24-18/h1-4H,5-13H2,(H,20,22). The molecule has 6 heteroatoms. The molecule has 4 rings (SSSR count). The molecule has 5 nitrogen and oxygen atoms in total. The summed E-state index contributed by atoms with van der Waals surface area (Å²) in [5.74, 6) is -0.681. The summed E-state index contributed by atoms with van der Waals surface area (Å²) in [6.45, 7) is 3.19. The zero-order valence-corrected chi connectivity index (χ0v) is 13.7. The van der Waals surface area contributed by atoms with Crippen LogP contribution in [0.15, 0.2) is 24.3 Å². The van der Waals surface area contributed by atoms with E-state index in [1.807, 2.05) is 17.0 Å². The van der Waals surface area contributed by atoms with E-state index in [0.717, 1.165) is 31.2 Å². The van der Waals surface area contributed by atoms with E-state index in [0.29, 0.717) is 32.8 Å². The Morgan fingerprint density at radius 3 is 2.29 bits per heavy atom. The molecule has 2 saturated heterocycles. The van der Waals surface area contributed by atoms with E-state index in [1.165, 1.54) is 12.1 Å². The molecule has 0 unspecified atom stereocenters.